The van der Waals surface area contributed by atoms with Crippen LogP contribution in [0.3, 0.4) is 0 Å². The lowest BCUT2D eigenvalue weighted by Crippen LogP contribution is -2.09. The van der Waals surface area contributed by atoms with Crippen molar-refractivity contribution in [3.8, 4) is 0 Å². The minimum absolute atomic E-state index is 0.191. The van der Waals surface area contributed by atoms with Gasteiger partial charge in [0.1, 0.15) is 11.2 Å². The third-order valence-corrected chi connectivity index (χ3v) is 2.74. The maximum Gasteiger partial charge on any atom is 0.262 e. The monoisotopic (exact) mass is 253 g/mol. The molecule has 0 saturated heterocycles. The van der Waals surface area contributed by atoms with E-state index in [0.717, 1.165) is 5.56 Å². The number of nitrogens with zero attached hydrogens (tertiary/aromatic N) is 4. The van der Waals surface area contributed by atoms with Gasteiger partial charge in [-0.05, 0) is 23.8 Å². The molecule has 0 bridgehead atoms. The van der Waals surface area contributed by atoms with Crippen LogP contribution in [0.2, 0.25) is 0 Å². The number of aromatic amines is 1. The number of H-pyrrole nitrogens is 1. The summed E-state index contributed by atoms with van der Waals surface area (Å²) >= 11 is 0. The van der Waals surface area contributed by atoms with Gasteiger partial charge in [-0.1, -0.05) is 6.07 Å². The number of hydrogen-bond acceptors (Lipinski definition) is 4. The first-order valence-corrected chi connectivity index (χ1v) is 5.74. The van der Waals surface area contributed by atoms with E-state index in [1.54, 1.807) is 30.2 Å². The van der Waals surface area contributed by atoms with Gasteiger partial charge in [0.15, 0.2) is 5.65 Å². The van der Waals surface area contributed by atoms with Crippen molar-refractivity contribution in [1.82, 2.24) is 24.7 Å². The van der Waals surface area contributed by atoms with E-state index in [1.807, 2.05) is 18.2 Å². The Hall–Kier alpha value is -2.76. The molecule has 6 heteroatoms. The quantitative estimate of drug-likeness (QED) is 0.745. The first kappa shape index (κ1) is 11.3. The number of aryl methyl sites for hydroxylation is 1. The summed E-state index contributed by atoms with van der Waals surface area (Å²) in [6, 6.07) is 3.77. The summed E-state index contributed by atoms with van der Waals surface area (Å²) in [7, 11) is 1.75. The molecule has 0 spiro atoms. The second-order valence-electron chi connectivity index (χ2n) is 4.08. The molecule has 0 aromatic carbocycles. The molecule has 0 aliphatic heterocycles. The molecule has 3 rings (SSSR count). The van der Waals surface area contributed by atoms with E-state index in [-0.39, 0.29) is 5.56 Å². The van der Waals surface area contributed by atoms with Crippen molar-refractivity contribution in [2.24, 2.45) is 7.05 Å². The fourth-order valence-corrected chi connectivity index (χ4v) is 1.78. The summed E-state index contributed by atoms with van der Waals surface area (Å²) in [5.74, 6) is 0.491. The minimum atomic E-state index is -0.191. The van der Waals surface area contributed by atoms with Gasteiger partial charge >= 0.3 is 0 Å². The van der Waals surface area contributed by atoms with Crippen LogP contribution in [0.4, 0.5) is 0 Å². The van der Waals surface area contributed by atoms with Crippen LogP contribution >= 0.6 is 0 Å². The van der Waals surface area contributed by atoms with E-state index in [2.05, 4.69) is 20.1 Å². The highest BCUT2D eigenvalue weighted by atomic mass is 16.1. The number of fused-ring (bicyclic) bond motifs is 1. The molecule has 3 heterocycles. The van der Waals surface area contributed by atoms with Gasteiger partial charge in [-0.25, -0.2) is 4.98 Å². The molecule has 0 saturated carbocycles. The first-order chi connectivity index (χ1) is 9.24. The van der Waals surface area contributed by atoms with Crippen LogP contribution in [0.5, 0.6) is 0 Å². The van der Waals surface area contributed by atoms with Crippen LogP contribution in [-0.2, 0) is 7.05 Å². The van der Waals surface area contributed by atoms with Crippen LogP contribution in [0.1, 0.15) is 11.4 Å². The molecule has 1 N–H and O–H groups in total. The molecule has 0 atom stereocenters. The second-order valence-corrected chi connectivity index (χ2v) is 4.08. The average molecular weight is 253 g/mol. The molecular weight excluding hydrogens is 242 g/mol. The molecule has 0 fully saturated rings. The minimum Gasteiger partial charge on any atom is -0.306 e. The predicted octanol–water partition coefficient (Wildman–Crippen LogP) is 1.22. The lowest BCUT2D eigenvalue weighted by atomic mass is 10.2. The first-order valence-electron chi connectivity index (χ1n) is 5.74. The van der Waals surface area contributed by atoms with E-state index in [1.165, 1.54) is 6.20 Å². The van der Waals surface area contributed by atoms with Crippen molar-refractivity contribution < 1.29 is 0 Å². The van der Waals surface area contributed by atoms with Gasteiger partial charge in [0.25, 0.3) is 5.56 Å². The lowest BCUT2D eigenvalue weighted by Gasteiger charge is -1.96. The highest BCUT2D eigenvalue weighted by Gasteiger charge is 2.05. The largest absolute Gasteiger partial charge is 0.306 e. The van der Waals surface area contributed by atoms with Crippen LogP contribution < -0.4 is 5.56 Å². The summed E-state index contributed by atoms with van der Waals surface area (Å²) in [5.41, 5.74) is 1.31. The Balaban J connectivity index is 2.04. The lowest BCUT2D eigenvalue weighted by molar-refractivity contribution is 0.784. The van der Waals surface area contributed by atoms with E-state index in [0.29, 0.717) is 16.9 Å². The zero-order valence-corrected chi connectivity index (χ0v) is 10.2. The molecule has 0 aliphatic rings. The predicted molar refractivity (Wildman–Crippen MR) is 72.3 cm³/mol. The van der Waals surface area contributed by atoms with E-state index in [4.69, 9.17) is 0 Å². The van der Waals surface area contributed by atoms with Gasteiger partial charge in [0.05, 0.1) is 6.20 Å². The van der Waals surface area contributed by atoms with Gasteiger partial charge in [-0.3, -0.25) is 14.5 Å². The van der Waals surface area contributed by atoms with Crippen LogP contribution in [0.15, 0.2) is 35.5 Å². The molecular formula is C13H11N5O. The Morgan fingerprint density at radius 1 is 1.32 bits per heavy atom. The fourth-order valence-electron chi connectivity index (χ4n) is 1.78. The zero-order valence-electron chi connectivity index (χ0n) is 10.2. The van der Waals surface area contributed by atoms with Gasteiger partial charge in [-0.2, -0.15) is 5.10 Å². The van der Waals surface area contributed by atoms with Crippen molar-refractivity contribution in [2.75, 3.05) is 0 Å². The molecule has 0 radical (unpaired) electrons. The van der Waals surface area contributed by atoms with Crippen molar-refractivity contribution in [3.63, 3.8) is 0 Å². The molecule has 6 nitrogen and oxygen atoms in total. The molecule has 94 valence electrons. The van der Waals surface area contributed by atoms with Crippen molar-refractivity contribution in [3.05, 3.63) is 52.5 Å². The zero-order chi connectivity index (χ0) is 13.2. The van der Waals surface area contributed by atoms with Crippen molar-refractivity contribution in [2.45, 2.75) is 0 Å². The van der Waals surface area contributed by atoms with Crippen LogP contribution in [0, 0.1) is 0 Å². The topological polar surface area (TPSA) is 76.5 Å². The number of nitrogens with one attached hydrogen (secondary N) is 1. The Bertz CT molecular complexity index is 801. The Morgan fingerprint density at radius 2 is 2.21 bits per heavy atom. The van der Waals surface area contributed by atoms with Crippen molar-refractivity contribution in [1.29, 1.82) is 0 Å². The Labute approximate surface area is 108 Å². The number of rotatable bonds is 2. The molecule has 3 aromatic rings. The standard InChI is InChI=1S/C13H11N5O/c1-18-12-10(8-15-18)13(19)17-11(16-12)5-4-9-3-2-6-14-7-9/h2-8H,1H3,(H,16,17,19)/b5-4+. The summed E-state index contributed by atoms with van der Waals surface area (Å²) in [6.07, 6.45) is 8.53. The Morgan fingerprint density at radius 3 is 3.00 bits per heavy atom. The van der Waals surface area contributed by atoms with Crippen molar-refractivity contribution >= 4 is 23.2 Å². The maximum absolute atomic E-state index is 11.8. The SMILES string of the molecule is Cn1ncc2c(=O)[nH]c(/C=C/c3cccnc3)nc21. The second kappa shape index (κ2) is 4.49. The maximum atomic E-state index is 11.8. The van der Waals surface area contributed by atoms with Gasteiger partial charge < -0.3 is 4.98 Å². The number of hydrogen-bond donors (Lipinski definition) is 1. The average Bonchev–Trinajstić information content (AvgIpc) is 2.80. The van der Waals surface area contributed by atoms with Gasteiger partial charge in [0.2, 0.25) is 0 Å². The number of pyridine rings is 1. The van der Waals surface area contributed by atoms with Crippen LogP contribution in [-0.4, -0.2) is 24.7 Å². The normalized spacial score (nSPS) is 11.4. The number of aromatic nitrogens is 5. The summed E-state index contributed by atoms with van der Waals surface area (Å²) in [5, 5.41) is 4.50. The van der Waals surface area contributed by atoms with E-state index < -0.39 is 0 Å². The smallest absolute Gasteiger partial charge is 0.262 e. The molecule has 0 aliphatic carbocycles. The molecule has 0 amide bonds. The highest BCUT2D eigenvalue weighted by molar-refractivity contribution is 5.75. The summed E-state index contributed by atoms with van der Waals surface area (Å²) in [6.45, 7) is 0. The van der Waals surface area contributed by atoms with E-state index in [9.17, 15) is 4.79 Å². The molecule has 0 unspecified atom stereocenters. The van der Waals surface area contributed by atoms with Crippen LogP contribution in [0.25, 0.3) is 23.2 Å². The third kappa shape index (κ3) is 2.15. The Kier molecular flexibility index (Phi) is 2.68. The summed E-state index contributed by atoms with van der Waals surface area (Å²) in [4.78, 5) is 22.9. The van der Waals surface area contributed by atoms with E-state index >= 15 is 0 Å². The highest BCUT2D eigenvalue weighted by Crippen LogP contribution is 2.07. The van der Waals surface area contributed by atoms with Gasteiger partial charge in [-0.15, -0.1) is 0 Å². The molecule has 3 aromatic heterocycles. The third-order valence-electron chi connectivity index (χ3n) is 2.74. The summed E-state index contributed by atoms with van der Waals surface area (Å²) < 4.78 is 1.58. The fraction of sp³-hybridized carbons (Fsp3) is 0.0769. The van der Waals surface area contributed by atoms with Gasteiger partial charge in [0, 0.05) is 19.4 Å². The molecule has 19 heavy (non-hydrogen) atoms.